The quantitative estimate of drug-likeness (QED) is 0.585. The Labute approximate surface area is 199 Å². The Balaban J connectivity index is 1.46. The average Bonchev–Trinajstić information content (AvgIpc) is 2.85. The van der Waals surface area contributed by atoms with Gasteiger partial charge in [-0.25, -0.2) is 0 Å². The lowest BCUT2D eigenvalue weighted by atomic mass is 10.0. The van der Waals surface area contributed by atoms with E-state index in [-0.39, 0.29) is 24.9 Å². The molecule has 0 aliphatic carbocycles. The Bertz CT molecular complexity index is 1130. The van der Waals surface area contributed by atoms with Crippen LogP contribution in [0.25, 0.3) is 10.8 Å². The molecule has 2 N–H and O–H groups in total. The van der Waals surface area contributed by atoms with Gasteiger partial charge in [-0.3, -0.25) is 9.59 Å². The number of carbonyl (C=O) groups is 2. The molecule has 1 saturated heterocycles. The van der Waals surface area contributed by atoms with Gasteiger partial charge in [0.05, 0.1) is 13.2 Å². The first-order valence-corrected chi connectivity index (χ1v) is 11.5. The Morgan fingerprint density at radius 1 is 0.824 bits per heavy atom. The van der Waals surface area contributed by atoms with Crippen molar-refractivity contribution < 1.29 is 23.8 Å². The molecule has 3 aromatic rings. The van der Waals surface area contributed by atoms with Crippen LogP contribution in [0.1, 0.15) is 34.6 Å². The summed E-state index contributed by atoms with van der Waals surface area (Å²) >= 11 is 0. The molecule has 1 aliphatic heterocycles. The zero-order chi connectivity index (χ0) is 24.0. The molecule has 7 heteroatoms. The molecule has 1 aliphatic rings. The van der Waals surface area contributed by atoms with E-state index in [9.17, 15) is 9.59 Å². The van der Waals surface area contributed by atoms with E-state index in [1.165, 1.54) is 0 Å². The molecule has 7 nitrogen and oxygen atoms in total. The zero-order valence-corrected chi connectivity index (χ0v) is 19.5. The molecule has 0 aromatic heterocycles. The highest BCUT2D eigenvalue weighted by Crippen LogP contribution is 2.21. The summed E-state index contributed by atoms with van der Waals surface area (Å²) in [5.74, 6) is -1.25. The molecule has 3 aromatic carbocycles. The highest BCUT2D eigenvalue weighted by Gasteiger charge is 2.33. The fraction of sp³-hybridized carbons (Fsp3) is 0.333. The van der Waals surface area contributed by atoms with Crippen LogP contribution in [0.3, 0.4) is 0 Å². The molecule has 0 spiro atoms. The summed E-state index contributed by atoms with van der Waals surface area (Å²) in [7, 11) is 0. The highest BCUT2D eigenvalue weighted by molar-refractivity contribution is 6.07. The average molecular weight is 463 g/mol. The van der Waals surface area contributed by atoms with E-state index >= 15 is 0 Å². The van der Waals surface area contributed by atoms with E-state index in [0.717, 1.165) is 10.8 Å². The topological polar surface area (TPSA) is 85.9 Å². The molecule has 0 bridgehead atoms. The van der Waals surface area contributed by atoms with Crippen molar-refractivity contribution in [1.82, 2.24) is 10.6 Å². The van der Waals surface area contributed by atoms with Gasteiger partial charge in [-0.15, -0.1) is 0 Å². The van der Waals surface area contributed by atoms with Crippen LogP contribution in [0.4, 0.5) is 0 Å². The number of fused-ring (bicyclic) bond motifs is 1. The van der Waals surface area contributed by atoms with Crippen LogP contribution < -0.4 is 10.6 Å². The standard InChI is InChI=1S/C27H30N2O5/c1-27(2)33-16-15-32-23(24(34-27)18-28-25(30)20-10-4-3-5-11-20)17-29-26(31)22-14-8-12-19-9-6-7-13-21(19)22/h3-14,23-24H,15-18H2,1-2H3,(H,28,30)(H,29,31)/t23-,24+/m1/s1. The van der Waals surface area contributed by atoms with Gasteiger partial charge in [0.15, 0.2) is 5.79 Å². The van der Waals surface area contributed by atoms with E-state index in [4.69, 9.17) is 14.2 Å². The molecule has 0 saturated carbocycles. The SMILES string of the molecule is CC1(C)OCCO[C@H](CNC(=O)c2cccc3ccccc23)[C@H](CNC(=O)c2ccccc2)O1. The lowest BCUT2D eigenvalue weighted by Crippen LogP contribution is -2.52. The predicted molar refractivity (Wildman–Crippen MR) is 130 cm³/mol. The molecule has 178 valence electrons. The van der Waals surface area contributed by atoms with Crippen LogP contribution in [0.5, 0.6) is 0 Å². The molecule has 1 heterocycles. The van der Waals surface area contributed by atoms with Crippen molar-refractivity contribution in [3.63, 3.8) is 0 Å². The summed E-state index contributed by atoms with van der Waals surface area (Å²) in [4.78, 5) is 25.6. The van der Waals surface area contributed by atoms with Crippen molar-refractivity contribution >= 4 is 22.6 Å². The first-order chi connectivity index (χ1) is 16.4. The number of carbonyl (C=O) groups excluding carboxylic acids is 2. The van der Waals surface area contributed by atoms with Crippen molar-refractivity contribution in [2.24, 2.45) is 0 Å². The van der Waals surface area contributed by atoms with Crippen molar-refractivity contribution in [1.29, 1.82) is 0 Å². The summed E-state index contributed by atoms with van der Waals surface area (Å²) in [5.41, 5.74) is 1.16. The number of hydrogen-bond acceptors (Lipinski definition) is 5. The second kappa shape index (κ2) is 10.8. The monoisotopic (exact) mass is 462 g/mol. The summed E-state index contributed by atoms with van der Waals surface area (Å²) < 4.78 is 17.9. The zero-order valence-electron chi connectivity index (χ0n) is 19.5. The van der Waals surface area contributed by atoms with E-state index in [1.807, 2.05) is 74.5 Å². The van der Waals surface area contributed by atoms with Crippen LogP contribution in [-0.4, -0.2) is 56.1 Å². The van der Waals surface area contributed by atoms with Gasteiger partial charge >= 0.3 is 0 Å². The summed E-state index contributed by atoms with van der Waals surface area (Å²) in [6.07, 6.45) is -1.01. The maximum Gasteiger partial charge on any atom is 0.252 e. The molecule has 4 rings (SSSR count). The highest BCUT2D eigenvalue weighted by atomic mass is 16.7. The van der Waals surface area contributed by atoms with Crippen molar-refractivity contribution in [2.45, 2.75) is 31.8 Å². The minimum Gasteiger partial charge on any atom is -0.371 e. The molecule has 34 heavy (non-hydrogen) atoms. The molecule has 2 atom stereocenters. The summed E-state index contributed by atoms with van der Waals surface area (Å²) in [6, 6.07) is 22.4. The predicted octanol–water partition coefficient (Wildman–Crippen LogP) is 3.54. The van der Waals surface area contributed by atoms with Gasteiger partial charge in [-0.2, -0.15) is 0 Å². The van der Waals surface area contributed by atoms with Gasteiger partial charge in [0.2, 0.25) is 0 Å². The Hall–Kier alpha value is -3.26. The van der Waals surface area contributed by atoms with Gasteiger partial charge in [-0.05, 0) is 42.8 Å². The van der Waals surface area contributed by atoms with Gasteiger partial charge in [0, 0.05) is 24.2 Å². The number of benzene rings is 3. The fourth-order valence-corrected chi connectivity index (χ4v) is 4.03. The van der Waals surface area contributed by atoms with E-state index in [0.29, 0.717) is 24.3 Å². The number of hydrogen-bond donors (Lipinski definition) is 2. The first kappa shape index (κ1) is 23.9. The molecule has 2 amide bonds. The normalized spacial score (nSPS) is 20.2. The Kier molecular flexibility index (Phi) is 7.57. The third kappa shape index (κ3) is 5.99. The second-order valence-corrected chi connectivity index (χ2v) is 8.63. The fourth-order valence-electron chi connectivity index (χ4n) is 4.03. The lowest BCUT2D eigenvalue weighted by Gasteiger charge is -2.37. The molecular weight excluding hydrogens is 432 g/mol. The molecular formula is C27H30N2O5. The van der Waals surface area contributed by atoms with Crippen LogP contribution in [0.2, 0.25) is 0 Å². The summed E-state index contributed by atoms with van der Waals surface area (Å²) in [5, 5.41) is 7.79. The van der Waals surface area contributed by atoms with E-state index in [2.05, 4.69) is 10.6 Å². The summed E-state index contributed by atoms with van der Waals surface area (Å²) in [6.45, 7) is 4.81. The molecule has 0 radical (unpaired) electrons. The number of amides is 2. The first-order valence-electron chi connectivity index (χ1n) is 11.5. The van der Waals surface area contributed by atoms with Crippen LogP contribution in [-0.2, 0) is 14.2 Å². The van der Waals surface area contributed by atoms with Gasteiger partial charge in [-0.1, -0.05) is 54.6 Å². The van der Waals surface area contributed by atoms with Gasteiger partial charge < -0.3 is 24.8 Å². The van der Waals surface area contributed by atoms with Crippen molar-refractivity contribution in [3.8, 4) is 0 Å². The van der Waals surface area contributed by atoms with Gasteiger partial charge in [0.25, 0.3) is 11.8 Å². The minimum absolute atomic E-state index is 0.190. The molecule has 1 fully saturated rings. The maximum absolute atomic E-state index is 13.0. The lowest BCUT2D eigenvalue weighted by molar-refractivity contribution is -0.277. The second-order valence-electron chi connectivity index (χ2n) is 8.63. The third-order valence-electron chi connectivity index (χ3n) is 5.71. The third-order valence-corrected chi connectivity index (χ3v) is 5.71. The number of nitrogens with one attached hydrogen (secondary N) is 2. The Morgan fingerprint density at radius 2 is 1.50 bits per heavy atom. The Morgan fingerprint density at radius 3 is 2.32 bits per heavy atom. The van der Waals surface area contributed by atoms with E-state index < -0.39 is 18.0 Å². The largest absolute Gasteiger partial charge is 0.371 e. The van der Waals surface area contributed by atoms with Crippen LogP contribution in [0.15, 0.2) is 72.8 Å². The van der Waals surface area contributed by atoms with Gasteiger partial charge in [0.1, 0.15) is 12.2 Å². The van der Waals surface area contributed by atoms with Crippen molar-refractivity contribution in [2.75, 3.05) is 26.3 Å². The number of rotatable bonds is 6. The number of ether oxygens (including phenoxy) is 3. The van der Waals surface area contributed by atoms with Crippen molar-refractivity contribution in [3.05, 3.63) is 83.9 Å². The van der Waals surface area contributed by atoms with Crippen LogP contribution in [0, 0.1) is 0 Å². The maximum atomic E-state index is 13.0. The van der Waals surface area contributed by atoms with E-state index in [1.54, 1.807) is 12.1 Å². The molecule has 0 unspecified atom stereocenters. The smallest absolute Gasteiger partial charge is 0.252 e. The minimum atomic E-state index is -0.857. The van der Waals surface area contributed by atoms with Crippen LogP contribution >= 0.6 is 0 Å².